The number of halogens is 5. The van der Waals surface area contributed by atoms with E-state index in [1.807, 2.05) is 0 Å². The zero-order valence-corrected chi connectivity index (χ0v) is 15.3. The normalized spacial score (nSPS) is 20.7. The maximum Gasteiger partial charge on any atom is 0.408 e. The highest BCUT2D eigenvalue weighted by molar-refractivity contribution is 6.31. The molecule has 3 rings (SSSR count). The van der Waals surface area contributed by atoms with Crippen molar-refractivity contribution in [1.29, 1.82) is 0 Å². The smallest absolute Gasteiger partial charge is 0.365 e. The molecule has 5 nitrogen and oxygen atoms in total. The molecule has 1 aliphatic rings. The van der Waals surface area contributed by atoms with E-state index in [-0.39, 0.29) is 35.7 Å². The van der Waals surface area contributed by atoms with E-state index in [2.05, 4.69) is 10.4 Å². The van der Waals surface area contributed by atoms with Crippen LogP contribution in [0.15, 0.2) is 23.0 Å². The Balaban J connectivity index is 0.00000243. The first kappa shape index (κ1) is 20.8. The average molecular weight is 411 g/mol. The van der Waals surface area contributed by atoms with Gasteiger partial charge in [0, 0.05) is 22.5 Å². The van der Waals surface area contributed by atoms with Gasteiger partial charge in [-0.2, -0.15) is 18.3 Å². The molecule has 1 saturated carbocycles. The third kappa shape index (κ3) is 4.81. The van der Waals surface area contributed by atoms with E-state index >= 15 is 0 Å². The van der Waals surface area contributed by atoms with Gasteiger partial charge in [-0.1, -0.05) is 11.6 Å². The molecule has 0 spiro atoms. The van der Waals surface area contributed by atoms with Gasteiger partial charge in [-0.05, 0) is 43.9 Å². The number of rotatable bonds is 3. The molecule has 1 aromatic heterocycles. The van der Waals surface area contributed by atoms with E-state index in [4.69, 9.17) is 17.3 Å². The van der Waals surface area contributed by atoms with Gasteiger partial charge in [0.05, 0.1) is 5.39 Å². The second kappa shape index (κ2) is 8.02. The van der Waals surface area contributed by atoms with Crippen LogP contribution in [0, 0.1) is 0 Å². The largest absolute Gasteiger partial charge is 0.408 e. The van der Waals surface area contributed by atoms with Crippen molar-refractivity contribution < 1.29 is 13.2 Å². The second-order valence-corrected chi connectivity index (χ2v) is 6.82. The minimum Gasteiger partial charge on any atom is -0.365 e. The molecule has 0 aliphatic heterocycles. The summed E-state index contributed by atoms with van der Waals surface area (Å²) < 4.78 is 38.8. The van der Waals surface area contributed by atoms with Crippen molar-refractivity contribution in [2.45, 2.75) is 50.5 Å². The van der Waals surface area contributed by atoms with E-state index in [0.29, 0.717) is 21.5 Å². The van der Waals surface area contributed by atoms with Gasteiger partial charge in [0.1, 0.15) is 6.54 Å². The molecule has 0 bridgehead atoms. The molecule has 26 heavy (non-hydrogen) atoms. The van der Waals surface area contributed by atoms with E-state index in [9.17, 15) is 18.0 Å². The molecule has 1 aromatic carbocycles. The van der Waals surface area contributed by atoms with Crippen molar-refractivity contribution in [3.63, 3.8) is 0 Å². The molecule has 2 atom stereocenters. The number of hydrogen-bond donors (Lipinski definition) is 2. The van der Waals surface area contributed by atoms with Crippen molar-refractivity contribution in [2.24, 2.45) is 5.73 Å². The van der Waals surface area contributed by atoms with Crippen LogP contribution < -0.4 is 16.6 Å². The van der Waals surface area contributed by atoms with Crippen LogP contribution >= 0.6 is 24.0 Å². The number of hydrogen-bond acceptors (Lipinski definition) is 4. The first-order chi connectivity index (χ1) is 11.7. The van der Waals surface area contributed by atoms with Crippen LogP contribution in [-0.2, 0) is 6.54 Å². The van der Waals surface area contributed by atoms with Crippen molar-refractivity contribution >= 4 is 40.6 Å². The zero-order valence-electron chi connectivity index (χ0n) is 13.7. The second-order valence-electron chi connectivity index (χ2n) is 6.38. The van der Waals surface area contributed by atoms with E-state index in [0.717, 1.165) is 19.3 Å². The minimum absolute atomic E-state index is 0. The molecule has 1 heterocycles. The summed E-state index contributed by atoms with van der Waals surface area (Å²) >= 11 is 5.99. The molecule has 1 aliphatic carbocycles. The molecule has 10 heteroatoms. The van der Waals surface area contributed by atoms with Gasteiger partial charge in [-0.15, -0.1) is 12.4 Å². The van der Waals surface area contributed by atoms with E-state index in [1.165, 1.54) is 18.2 Å². The standard InChI is InChI=1S/C16H18ClF3N4O.ClH/c17-9-4-5-12-13(6-9)14(22-11-3-1-2-10(21)7-11)23-24(15(12)25)8-16(18,19)20;/h4-6,10-11H,1-3,7-8,21H2,(H,22,23);1H/t10-,11+;/m1./s1. The van der Waals surface area contributed by atoms with Crippen molar-refractivity contribution in [3.05, 3.63) is 33.6 Å². The summed E-state index contributed by atoms with van der Waals surface area (Å²) in [5.74, 6) is 0.223. The van der Waals surface area contributed by atoms with E-state index in [1.54, 1.807) is 0 Å². The van der Waals surface area contributed by atoms with Gasteiger partial charge >= 0.3 is 6.18 Å². The van der Waals surface area contributed by atoms with Gasteiger partial charge in [-0.3, -0.25) is 4.79 Å². The molecule has 3 N–H and O–H groups in total. The first-order valence-electron chi connectivity index (χ1n) is 8.02. The maximum atomic E-state index is 12.8. The van der Waals surface area contributed by atoms with Crippen molar-refractivity contribution in [1.82, 2.24) is 9.78 Å². The lowest BCUT2D eigenvalue weighted by molar-refractivity contribution is -0.143. The SMILES string of the molecule is Cl.N[C@@H]1CCC[C@H](Nc2nn(CC(F)(F)F)c(=O)c3ccc(Cl)cc23)C1. The predicted molar refractivity (Wildman–Crippen MR) is 98.2 cm³/mol. The Hall–Kier alpha value is -1.51. The van der Waals surface area contributed by atoms with Crippen molar-refractivity contribution in [3.8, 4) is 0 Å². The van der Waals surface area contributed by atoms with Gasteiger partial charge in [-0.25, -0.2) is 4.68 Å². The summed E-state index contributed by atoms with van der Waals surface area (Å²) in [4.78, 5) is 12.3. The Bertz CT molecular complexity index is 841. The number of alkyl halides is 3. The average Bonchev–Trinajstić information content (AvgIpc) is 2.50. The molecule has 2 aromatic rings. The number of nitrogens with two attached hydrogens (primary N) is 1. The van der Waals surface area contributed by atoms with Crippen LogP contribution in [0.4, 0.5) is 19.0 Å². The maximum absolute atomic E-state index is 12.8. The fourth-order valence-electron chi connectivity index (χ4n) is 3.19. The third-order valence-electron chi connectivity index (χ3n) is 4.31. The highest BCUT2D eigenvalue weighted by Crippen LogP contribution is 2.27. The van der Waals surface area contributed by atoms with Gasteiger partial charge < -0.3 is 11.1 Å². The van der Waals surface area contributed by atoms with E-state index < -0.39 is 18.3 Å². The Morgan fingerprint density at radius 3 is 2.69 bits per heavy atom. The topological polar surface area (TPSA) is 72.9 Å². The summed E-state index contributed by atoms with van der Waals surface area (Å²) in [7, 11) is 0. The Kier molecular flexibility index (Phi) is 6.42. The van der Waals surface area contributed by atoms with Gasteiger partial charge in [0.15, 0.2) is 5.82 Å². The van der Waals surface area contributed by atoms with Gasteiger partial charge in [0.2, 0.25) is 0 Å². The number of nitrogens with zero attached hydrogens (tertiary/aromatic N) is 2. The Morgan fingerprint density at radius 2 is 2.04 bits per heavy atom. The lowest BCUT2D eigenvalue weighted by Crippen LogP contribution is -2.36. The predicted octanol–water partition coefficient (Wildman–Crippen LogP) is 3.72. The van der Waals surface area contributed by atoms with Gasteiger partial charge in [0.25, 0.3) is 5.56 Å². The van der Waals surface area contributed by atoms with Crippen LogP contribution in [0.2, 0.25) is 5.02 Å². The lowest BCUT2D eigenvalue weighted by Gasteiger charge is -2.28. The fraction of sp³-hybridized carbons (Fsp3) is 0.500. The number of benzene rings is 1. The fourth-order valence-corrected chi connectivity index (χ4v) is 3.37. The number of anilines is 1. The monoisotopic (exact) mass is 410 g/mol. The first-order valence-corrected chi connectivity index (χ1v) is 8.40. The quantitative estimate of drug-likeness (QED) is 0.808. The number of aromatic nitrogens is 2. The third-order valence-corrected chi connectivity index (χ3v) is 4.54. The van der Waals surface area contributed by atoms with Crippen LogP contribution in [0.3, 0.4) is 0 Å². The number of nitrogens with one attached hydrogen (secondary N) is 1. The van der Waals surface area contributed by atoms with Crippen molar-refractivity contribution in [2.75, 3.05) is 5.32 Å². The van der Waals surface area contributed by atoms with Crippen LogP contribution in [-0.4, -0.2) is 28.0 Å². The minimum atomic E-state index is -4.54. The van der Waals surface area contributed by atoms with Crippen LogP contribution in [0.1, 0.15) is 25.7 Å². The summed E-state index contributed by atoms with van der Waals surface area (Å²) in [6.07, 6.45) is -1.15. The summed E-state index contributed by atoms with van der Waals surface area (Å²) in [5, 5.41) is 8.01. The Labute approximate surface area is 159 Å². The summed E-state index contributed by atoms with van der Waals surface area (Å²) in [6.45, 7) is -1.44. The molecular weight excluding hydrogens is 392 g/mol. The summed E-state index contributed by atoms with van der Waals surface area (Å²) in [6, 6.07) is 4.47. The molecule has 144 valence electrons. The number of fused-ring (bicyclic) bond motifs is 1. The highest BCUT2D eigenvalue weighted by atomic mass is 35.5. The molecule has 1 fully saturated rings. The molecule has 0 radical (unpaired) electrons. The molecule has 0 unspecified atom stereocenters. The van der Waals surface area contributed by atoms with Crippen LogP contribution in [0.5, 0.6) is 0 Å². The zero-order chi connectivity index (χ0) is 18.2. The van der Waals surface area contributed by atoms with Crippen LogP contribution in [0.25, 0.3) is 10.8 Å². The molecule has 0 amide bonds. The Morgan fingerprint density at radius 1 is 1.31 bits per heavy atom. The molecule has 0 saturated heterocycles. The highest BCUT2D eigenvalue weighted by Gasteiger charge is 2.30. The summed E-state index contributed by atoms with van der Waals surface area (Å²) in [5.41, 5.74) is 5.17. The molecular formula is C16H19Cl2F3N4O. The lowest BCUT2D eigenvalue weighted by atomic mass is 9.91.